The fraction of sp³-hybridized carbons (Fsp3) is 0.304. The van der Waals surface area contributed by atoms with Crippen molar-refractivity contribution < 1.29 is 18.0 Å². The van der Waals surface area contributed by atoms with Gasteiger partial charge in [-0.1, -0.05) is 31.2 Å². The Balaban J connectivity index is 1.73. The molecule has 5 nitrogen and oxygen atoms in total. The lowest BCUT2D eigenvalue weighted by atomic mass is 10.1. The van der Waals surface area contributed by atoms with Crippen LogP contribution in [0.4, 0.5) is 8.78 Å². The van der Waals surface area contributed by atoms with E-state index in [0.717, 1.165) is 17.5 Å². The molecule has 7 heteroatoms. The second-order valence-electron chi connectivity index (χ2n) is 7.31. The molecular formula is C23H25F2N3O2. The van der Waals surface area contributed by atoms with Gasteiger partial charge in [-0.15, -0.1) is 0 Å². The molecule has 0 aliphatic rings. The molecule has 1 aromatic heterocycles. The highest BCUT2D eigenvalue weighted by Gasteiger charge is 2.17. The van der Waals surface area contributed by atoms with Crippen LogP contribution < -0.4 is 5.32 Å². The molecule has 3 rings (SSSR count). The van der Waals surface area contributed by atoms with E-state index in [2.05, 4.69) is 10.3 Å². The van der Waals surface area contributed by atoms with Gasteiger partial charge in [0, 0.05) is 19.1 Å². The number of aromatic nitrogens is 1. The lowest BCUT2D eigenvalue weighted by molar-refractivity contribution is 0.0934. The molecule has 30 heavy (non-hydrogen) atoms. The molecule has 1 heterocycles. The Bertz CT molecular complexity index is 908. The zero-order chi connectivity index (χ0) is 21.5. The number of amides is 1. The van der Waals surface area contributed by atoms with Crippen molar-refractivity contribution in [2.24, 2.45) is 0 Å². The van der Waals surface area contributed by atoms with E-state index < -0.39 is 0 Å². The summed E-state index contributed by atoms with van der Waals surface area (Å²) >= 11 is 0. The van der Waals surface area contributed by atoms with Crippen LogP contribution in [0.15, 0.2) is 59.2 Å². The third-order valence-corrected chi connectivity index (χ3v) is 4.77. The summed E-state index contributed by atoms with van der Waals surface area (Å²) < 4.78 is 32.0. The van der Waals surface area contributed by atoms with Crippen LogP contribution in [-0.2, 0) is 19.6 Å². The van der Waals surface area contributed by atoms with Crippen molar-refractivity contribution in [1.29, 1.82) is 0 Å². The van der Waals surface area contributed by atoms with Crippen molar-refractivity contribution in [2.75, 3.05) is 0 Å². The molecule has 0 radical (unpaired) electrons. The third-order valence-electron chi connectivity index (χ3n) is 4.77. The lowest BCUT2D eigenvalue weighted by Crippen LogP contribution is -2.32. The summed E-state index contributed by atoms with van der Waals surface area (Å²) in [7, 11) is 0. The van der Waals surface area contributed by atoms with E-state index in [4.69, 9.17) is 4.42 Å². The van der Waals surface area contributed by atoms with Crippen molar-refractivity contribution in [3.05, 3.63) is 89.1 Å². The summed E-state index contributed by atoms with van der Waals surface area (Å²) in [5, 5.41) is 2.86. The van der Waals surface area contributed by atoms with E-state index in [-0.39, 0.29) is 29.3 Å². The molecule has 0 saturated carbocycles. The number of rotatable bonds is 9. The van der Waals surface area contributed by atoms with Crippen molar-refractivity contribution in [1.82, 2.24) is 15.2 Å². The zero-order valence-corrected chi connectivity index (χ0v) is 17.1. The van der Waals surface area contributed by atoms with Crippen LogP contribution in [0.2, 0.25) is 0 Å². The first-order valence-electron chi connectivity index (χ1n) is 9.89. The van der Waals surface area contributed by atoms with Gasteiger partial charge in [-0.05, 0) is 48.7 Å². The number of carbonyl (C=O) groups is 1. The van der Waals surface area contributed by atoms with Crippen LogP contribution in [0.1, 0.15) is 47.8 Å². The molecule has 1 atom stereocenters. The number of hydrogen-bond donors (Lipinski definition) is 1. The largest absolute Gasteiger partial charge is 0.447 e. The zero-order valence-electron chi connectivity index (χ0n) is 17.1. The maximum Gasteiger partial charge on any atom is 0.273 e. The summed E-state index contributed by atoms with van der Waals surface area (Å²) in [6, 6.07) is 12.6. The second kappa shape index (κ2) is 10.1. The van der Waals surface area contributed by atoms with Gasteiger partial charge in [0.15, 0.2) is 5.69 Å². The first-order chi connectivity index (χ1) is 14.4. The predicted octanol–water partition coefficient (Wildman–Crippen LogP) is 4.68. The predicted molar refractivity (Wildman–Crippen MR) is 109 cm³/mol. The normalized spacial score (nSPS) is 12.2. The lowest BCUT2D eigenvalue weighted by Gasteiger charge is -2.21. The van der Waals surface area contributed by atoms with Crippen LogP contribution in [0.25, 0.3) is 0 Å². The Morgan fingerprint density at radius 3 is 2.03 bits per heavy atom. The molecular weight excluding hydrogens is 388 g/mol. The molecule has 1 unspecified atom stereocenters. The summed E-state index contributed by atoms with van der Waals surface area (Å²) in [6.45, 7) is 5.27. The highest BCUT2D eigenvalue weighted by molar-refractivity contribution is 5.92. The molecule has 0 saturated heterocycles. The first kappa shape index (κ1) is 21.6. The van der Waals surface area contributed by atoms with E-state index in [1.165, 1.54) is 30.5 Å². The molecule has 1 amide bonds. The van der Waals surface area contributed by atoms with Crippen LogP contribution in [0.5, 0.6) is 0 Å². The molecule has 1 N–H and O–H groups in total. The van der Waals surface area contributed by atoms with Gasteiger partial charge in [0.1, 0.15) is 17.9 Å². The van der Waals surface area contributed by atoms with E-state index in [0.29, 0.717) is 25.5 Å². The molecule has 2 aromatic carbocycles. The molecule has 158 valence electrons. The standard InChI is InChI=1S/C23H25F2N3O2/c1-3-16(2)26-23(29)21-15-30-22(27-21)14-28(12-17-4-8-19(24)9-5-17)13-18-6-10-20(25)11-7-18/h4-11,15-16H,3,12-14H2,1-2H3,(H,26,29). The van der Waals surface area contributed by atoms with Crippen LogP contribution in [0, 0.1) is 11.6 Å². The highest BCUT2D eigenvalue weighted by atomic mass is 19.1. The number of benzene rings is 2. The highest BCUT2D eigenvalue weighted by Crippen LogP contribution is 2.15. The van der Waals surface area contributed by atoms with Crippen molar-refractivity contribution >= 4 is 5.91 Å². The Hall–Kier alpha value is -3.06. The number of hydrogen-bond acceptors (Lipinski definition) is 4. The van der Waals surface area contributed by atoms with E-state index in [1.54, 1.807) is 24.3 Å². The number of oxazole rings is 1. The van der Waals surface area contributed by atoms with Gasteiger partial charge >= 0.3 is 0 Å². The number of nitrogens with one attached hydrogen (secondary N) is 1. The van der Waals surface area contributed by atoms with Gasteiger partial charge < -0.3 is 9.73 Å². The minimum Gasteiger partial charge on any atom is -0.447 e. The first-order valence-corrected chi connectivity index (χ1v) is 9.89. The molecule has 0 aliphatic carbocycles. The number of nitrogens with zero attached hydrogens (tertiary/aromatic N) is 2. The molecule has 0 aliphatic heterocycles. The minimum atomic E-state index is -0.298. The number of halogens is 2. The monoisotopic (exact) mass is 413 g/mol. The van der Waals surface area contributed by atoms with Gasteiger partial charge in [-0.3, -0.25) is 9.69 Å². The fourth-order valence-corrected chi connectivity index (χ4v) is 2.94. The minimum absolute atomic E-state index is 0.0473. The van der Waals surface area contributed by atoms with Crippen LogP contribution in [-0.4, -0.2) is 21.8 Å². The van der Waals surface area contributed by atoms with E-state index >= 15 is 0 Å². The summed E-state index contributed by atoms with van der Waals surface area (Å²) in [6.07, 6.45) is 2.17. The van der Waals surface area contributed by atoms with Crippen molar-refractivity contribution in [3.8, 4) is 0 Å². The Kier molecular flexibility index (Phi) is 7.30. The van der Waals surface area contributed by atoms with Gasteiger partial charge in [0.25, 0.3) is 5.91 Å². The van der Waals surface area contributed by atoms with Gasteiger partial charge in [-0.2, -0.15) is 0 Å². The van der Waals surface area contributed by atoms with Crippen LogP contribution in [0.3, 0.4) is 0 Å². The molecule has 0 spiro atoms. The average Bonchev–Trinajstić information content (AvgIpc) is 3.20. The fourth-order valence-electron chi connectivity index (χ4n) is 2.94. The van der Waals surface area contributed by atoms with E-state index in [9.17, 15) is 13.6 Å². The summed E-state index contributed by atoms with van der Waals surface area (Å²) in [5.41, 5.74) is 2.06. The van der Waals surface area contributed by atoms with Gasteiger partial charge in [-0.25, -0.2) is 13.8 Å². The smallest absolute Gasteiger partial charge is 0.273 e. The summed E-state index contributed by atoms with van der Waals surface area (Å²) in [5.74, 6) is -0.474. The average molecular weight is 413 g/mol. The quantitative estimate of drug-likeness (QED) is 0.553. The molecule has 0 fully saturated rings. The summed E-state index contributed by atoms with van der Waals surface area (Å²) in [4.78, 5) is 18.6. The Morgan fingerprint density at radius 1 is 1.00 bits per heavy atom. The third kappa shape index (κ3) is 6.22. The Morgan fingerprint density at radius 2 is 1.53 bits per heavy atom. The maximum absolute atomic E-state index is 13.2. The van der Waals surface area contributed by atoms with E-state index in [1.807, 2.05) is 18.7 Å². The second-order valence-corrected chi connectivity index (χ2v) is 7.31. The number of carbonyl (C=O) groups excluding carboxylic acids is 1. The molecule has 0 bridgehead atoms. The van der Waals surface area contributed by atoms with Gasteiger partial charge in [0.2, 0.25) is 5.89 Å². The topological polar surface area (TPSA) is 58.4 Å². The van der Waals surface area contributed by atoms with Crippen molar-refractivity contribution in [3.63, 3.8) is 0 Å². The van der Waals surface area contributed by atoms with Crippen LogP contribution >= 0.6 is 0 Å². The van der Waals surface area contributed by atoms with Crippen molar-refractivity contribution in [2.45, 2.75) is 45.9 Å². The van der Waals surface area contributed by atoms with Gasteiger partial charge in [0.05, 0.1) is 6.54 Å². The Labute approximate surface area is 174 Å². The molecule has 3 aromatic rings. The maximum atomic E-state index is 13.2. The SMILES string of the molecule is CCC(C)NC(=O)c1coc(CN(Cc2ccc(F)cc2)Cc2ccc(F)cc2)n1.